The molecule has 0 spiro atoms. The predicted octanol–water partition coefficient (Wildman–Crippen LogP) is 1.08. The van der Waals surface area contributed by atoms with Crippen molar-refractivity contribution in [2.45, 2.75) is 13.3 Å². The molecule has 3 heteroatoms. The predicted molar refractivity (Wildman–Crippen MR) is 41.3 cm³/mol. The van der Waals surface area contributed by atoms with Crippen LogP contribution in [-0.4, -0.2) is 28.3 Å². The van der Waals surface area contributed by atoms with Gasteiger partial charge in [0, 0.05) is 11.5 Å². The van der Waals surface area contributed by atoms with Gasteiger partial charge in [-0.05, 0) is 21.8 Å². The summed E-state index contributed by atoms with van der Waals surface area (Å²) < 4.78 is 22.5. The smallest absolute Gasteiger partial charge is 0.0903 e. The van der Waals surface area contributed by atoms with E-state index in [2.05, 4.69) is 5.87 Å². The molecule has 0 aliphatic carbocycles. The summed E-state index contributed by atoms with van der Waals surface area (Å²) >= 11 is 0. The van der Waals surface area contributed by atoms with E-state index in [0.29, 0.717) is 17.9 Å². The molecule has 0 aromatic carbocycles. The first kappa shape index (κ1) is 8.95. The highest BCUT2D eigenvalue weighted by atomic mass is 32.2. The fourth-order valence-electron chi connectivity index (χ4n) is 0.462. The van der Waals surface area contributed by atoms with E-state index in [-0.39, 0.29) is 6.67 Å². The highest BCUT2D eigenvalue weighted by Crippen LogP contribution is 1.92. The molecule has 0 saturated carbocycles. The van der Waals surface area contributed by atoms with Crippen molar-refractivity contribution in [3.63, 3.8) is 0 Å². The Kier molecular flexibility index (Phi) is 3.86. The average molecular weight is 152 g/mol. The fourth-order valence-corrected chi connectivity index (χ4v) is 1.39. The molecule has 1 unspecified atom stereocenters. The third-order valence-corrected chi connectivity index (χ3v) is 3.26. The van der Waals surface area contributed by atoms with Crippen LogP contribution in [0.15, 0.2) is 0 Å². The Morgan fingerprint density at radius 2 is 2.22 bits per heavy atom. The average Bonchev–Trinajstić information content (AvgIpc) is 1.84. The Hall–Kier alpha value is -0.0500. The number of rotatable bonds is 4. The van der Waals surface area contributed by atoms with Crippen molar-refractivity contribution in [2.75, 3.05) is 18.2 Å². The van der Waals surface area contributed by atoms with Gasteiger partial charge in [0.25, 0.3) is 0 Å². The van der Waals surface area contributed by atoms with Crippen LogP contribution in [0.4, 0.5) is 4.39 Å². The van der Waals surface area contributed by atoms with Crippen LogP contribution in [0.3, 0.4) is 0 Å². The van der Waals surface area contributed by atoms with Gasteiger partial charge < -0.3 is 0 Å². The summed E-state index contributed by atoms with van der Waals surface area (Å²) in [4.78, 5) is 0. The zero-order valence-corrected chi connectivity index (χ0v) is 6.55. The summed E-state index contributed by atoms with van der Waals surface area (Å²) in [5.74, 6) is 4.48. The molecule has 0 aliphatic rings. The van der Waals surface area contributed by atoms with Crippen molar-refractivity contribution in [1.82, 2.24) is 0 Å². The molecule has 1 nitrogen and oxygen atoms in total. The maximum absolute atomic E-state index is 11.5. The molecule has 0 saturated heterocycles. The third kappa shape index (κ3) is 4.45. The van der Waals surface area contributed by atoms with Crippen molar-refractivity contribution < 1.29 is 8.60 Å². The summed E-state index contributed by atoms with van der Waals surface area (Å²) in [7, 11) is -1.92. The minimum atomic E-state index is -1.92. The standard InChI is InChI=1S/C6H13FOS/c1-3-9(2,8)6-4-5-7/h2-6H2,1H3. The number of hydrogen-bond acceptors (Lipinski definition) is 1. The zero-order valence-electron chi connectivity index (χ0n) is 5.73. The van der Waals surface area contributed by atoms with Crippen LogP contribution in [0.1, 0.15) is 13.3 Å². The van der Waals surface area contributed by atoms with Crippen LogP contribution < -0.4 is 0 Å². The molecule has 0 rings (SSSR count). The van der Waals surface area contributed by atoms with E-state index in [1.807, 2.05) is 6.92 Å². The zero-order chi connectivity index (χ0) is 7.33. The van der Waals surface area contributed by atoms with Gasteiger partial charge in [-0.15, -0.1) is 0 Å². The summed E-state index contributed by atoms with van der Waals surface area (Å²) in [5.41, 5.74) is 0. The highest BCUT2D eigenvalue weighted by Gasteiger charge is 1.98. The first-order valence-electron chi connectivity index (χ1n) is 3.01. The van der Waals surface area contributed by atoms with Gasteiger partial charge in [0.05, 0.1) is 6.67 Å². The van der Waals surface area contributed by atoms with Crippen LogP contribution in [0.25, 0.3) is 0 Å². The molecule has 56 valence electrons. The number of halogens is 1. The molecular weight excluding hydrogens is 139 g/mol. The first-order chi connectivity index (χ1) is 4.12. The van der Waals surface area contributed by atoms with Crippen molar-refractivity contribution in [3.8, 4) is 0 Å². The molecular formula is C6H13FOS. The molecule has 0 aromatic rings. The molecule has 0 aliphatic heterocycles. The quantitative estimate of drug-likeness (QED) is 0.551. The molecule has 0 aromatic heterocycles. The molecule has 0 bridgehead atoms. The van der Waals surface area contributed by atoms with Crippen LogP contribution in [0.2, 0.25) is 0 Å². The lowest BCUT2D eigenvalue weighted by Gasteiger charge is -2.01. The molecule has 0 fully saturated rings. The van der Waals surface area contributed by atoms with Crippen LogP contribution in [0.5, 0.6) is 0 Å². The van der Waals surface area contributed by atoms with Crippen molar-refractivity contribution in [2.24, 2.45) is 0 Å². The van der Waals surface area contributed by atoms with Gasteiger partial charge in [0.15, 0.2) is 0 Å². The molecule has 0 radical (unpaired) electrons. The minimum Gasteiger partial charge on any atom is -0.268 e. The monoisotopic (exact) mass is 152 g/mol. The second kappa shape index (κ2) is 3.88. The Balaban J connectivity index is 3.61. The lowest BCUT2D eigenvalue weighted by Crippen LogP contribution is -2.08. The second-order valence-electron chi connectivity index (χ2n) is 2.00. The van der Waals surface area contributed by atoms with E-state index < -0.39 is 9.52 Å². The molecule has 1 atom stereocenters. The second-order valence-corrected chi connectivity index (χ2v) is 4.92. The SMILES string of the molecule is C=S(=O)(CC)CCCF. The summed E-state index contributed by atoms with van der Waals surface area (Å²) in [6, 6.07) is 0. The normalized spacial score (nSPS) is 17.1. The minimum absolute atomic E-state index is 0.382. The van der Waals surface area contributed by atoms with Gasteiger partial charge in [-0.1, -0.05) is 6.92 Å². The lowest BCUT2D eigenvalue weighted by molar-refractivity contribution is 0.488. The van der Waals surface area contributed by atoms with E-state index in [0.717, 1.165) is 0 Å². The van der Waals surface area contributed by atoms with Gasteiger partial charge in [0.2, 0.25) is 0 Å². The number of alkyl halides is 1. The van der Waals surface area contributed by atoms with E-state index >= 15 is 0 Å². The molecule has 0 N–H and O–H groups in total. The summed E-state index contributed by atoms with van der Waals surface area (Å²) in [5, 5.41) is 0. The lowest BCUT2D eigenvalue weighted by atomic mass is 10.6. The van der Waals surface area contributed by atoms with Gasteiger partial charge >= 0.3 is 0 Å². The first-order valence-corrected chi connectivity index (χ1v) is 5.07. The maximum atomic E-state index is 11.5. The van der Waals surface area contributed by atoms with Gasteiger partial charge in [0.1, 0.15) is 0 Å². The van der Waals surface area contributed by atoms with Gasteiger partial charge in [-0.2, -0.15) is 0 Å². The molecule has 0 amide bonds. The van der Waals surface area contributed by atoms with E-state index in [1.165, 1.54) is 0 Å². The third-order valence-electron chi connectivity index (χ3n) is 1.18. The summed E-state index contributed by atoms with van der Waals surface area (Å²) in [6.45, 7) is 1.43. The maximum Gasteiger partial charge on any atom is 0.0903 e. The Labute approximate surface area is 56.3 Å². The van der Waals surface area contributed by atoms with Crippen LogP contribution in [-0.2, 0) is 9.52 Å². The molecule has 0 heterocycles. The topological polar surface area (TPSA) is 17.1 Å². The Bertz CT molecular complexity index is 148. The van der Waals surface area contributed by atoms with Crippen molar-refractivity contribution >= 4 is 15.4 Å². The Morgan fingerprint density at radius 1 is 1.67 bits per heavy atom. The molecule has 9 heavy (non-hydrogen) atoms. The number of hydrogen-bond donors (Lipinski definition) is 0. The van der Waals surface area contributed by atoms with E-state index in [9.17, 15) is 8.60 Å². The van der Waals surface area contributed by atoms with Crippen LogP contribution in [0, 0.1) is 0 Å². The highest BCUT2D eigenvalue weighted by molar-refractivity contribution is 8.00. The summed E-state index contributed by atoms with van der Waals surface area (Å²) in [6.07, 6.45) is 0.385. The van der Waals surface area contributed by atoms with E-state index in [4.69, 9.17) is 0 Å². The largest absolute Gasteiger partial charge is 0.268 e. The van der Waals surface area contributed by atoms with E-state index in [1.54, 1.807) is 0 Å². The fraction of sp³-hybridized carbons (Fsp3) is 0.833. The van der Waals surface area contributed by atoms with Crippen molar-refractivity contribution in [1.29, 1.82) is 0 Å². The van der Waals surface area contributed by atoms with Gasteiger partial charge in [-0.3, -0.25) is 8.60 Å². The van der Waals surface area contributed by atoms with Crippen LogP contribution >= 0.6 is 0 Å². The van der Waals surface area contributed by atoms with Gasteiger partial charge in [-0.25, -0.2) is 0 Å². The Morgan fingerprint density at radius 3 is 2.56 bits per heavy atom. The van der Waals surface area contributed by atoms with Crippen molar-refractivity contribution in [3.05, 3.63) is 0 Å².